The van der Waals surface area contributed by atoms with E-state index in [0.29, 0.717) is 18.1 Å². The van der Waals surface area contributed by atoms with E-state index in [2.05, 4.69) is 13.0 Å². The van der Waals surface area contributed by atoms with Gasteiger partial charge in [-0.25, -0.2) is 0 Å². The van der Waals surface area contributed by atoms with Gasteiger partial charge in [0, 0.05) is 25.2 Å². The molecule has 0 aromatic heterocycles. The maximum Gasteiger partial charge on any atom is 0.259 e. The van der Waals surface area contributed by atoms with Crippen LogP contribution in [0.2, 0.25) is 0 Å². The average molecular weight is 408 g/mol. The molecule has 5 nitrogen and oxygen atoms in total. The van der Waals surface area contributed by atoms with Crippen molar-refractivity contribution in [2.75, 3.05) is 27.3 Å². The molecule has 0 spiro atoms. The van der Waals surface area contributed by atoms with E-state index in [0.717, 1.165) is 40.7 Å². The molecule has 0 fully saturated rings. The highest BCUT2D eigenvalue weighted by atomic mass is 16.5. The van der Waals surface area contributed by atoms with E-state index < -0.39 is 0 Å². The van der Waals surface area contributed by atoms with Gasteiger partial charge >= 0.3 is 0 Å². The first-order valence-electron chi connectivity index (χ1n) is 10.2. The van der Waals surface area contributed by atoms with Crippen LogP contribution in [0, 0.1) is 13.8 Å². The zero-order chi connectivity index (χ0) is 21.8. The van der Waals surface area contributed by atoms with Gasteiger partial charge in [-0.3, -0.25) is 9.59 Å². The van der Waals surface area contributed by atoms with Gasteiger partial charge in [0.25, 0.3) is 5.91 Å². The summed E-state index contributed by atoms with van der Waals surface area (Å²) in [6, 6.07) is 9.65. The first-order chi connectivity index (χ1) is 14.3. The molecule has 2 aromatic rings. The number of nitrogens with zero attached hydrogens (tertiary/aromatic N) is 1. The molecule has 0 saturated carbocycles. The zero-order valence-corrected chi connectivity index (χ0v) is 18.4. The molecule has 2 aromatic carbocycles. The molecule has 1 amide bonds. The number of amides is 1. The van der Waals surface area contributed by atoms with E-state index in [4.69, 9.17) is 9.47 Å². The number of aryl methyl sites for hydroxylation is 2. The lowest BCUT2D eigenvalue weighted by Gasteiger charge is -2.20. The smallest absolute Gasteiger partial charge is 0.259 e. The molecule has 30 heavy (non-hydrogen) atoms. The second-order valence-corrected chi connectivity index (χ2v) is 7.82. The number of fused-ring (bicyclic) bond motifs is 1. The first kappa shape index (κ1) is 21.6. The van der Waals surface area contributed by atoms with Gasteiger partial charge in [-0.05, 0) is 74.6 Å². The molecule has 0 N–H and O–H groups in total. The average Bonchev–Trinajstić information content (AvgIpc) is 2.69. The largest absolute Gasteiger partial charge is 0.490 e. The number of likely N-dealkylation sites (N-methyl/N-ethyl adjacent to an activating group) is 1. The molecule has 0 saturated heterocycles. The third-order valence-corrected chi connectivity index (χ3v) is 5.26. The molecule has 0 radical (unpaired) electrons. The number of Topliss-reactive ketones (excluding diaryl/α,β-unsaturated/α-hetero) is 1. The monoisotopic (exact) mass is 407 g/mol. The van der Waals surface area contributed by atoms with E-state index in [9.17, 15) is 9.59 Å². The lowest BCUT2D eigenvalue weighted by Crippen LogP contribution is -2.27. The van der Waals surface area contributed by atoms with Gasteiger partial charge in [0.2, 0.25) is 0 Å². The number of allylic oxidation sites excluding steroid dienone is 1. The third kappa shape index (κ3) is 4.73. The Labute approximate surface area is 178 Å². The van der Waals surface area contributed by atoms with Gasteiger partial charge in [-0.2, -0.15) is 0 Å². The van der Waals surface area contributed by atoms with E-state index in [1.165, 1.54) is 10.5 Å². The molecule has 1 aliphatic carbocycles. The van der Waals surface area contributed by atoms with Crippen LogP contribution in [0.15, 0.2) is 35.9 Å². The van der Waals surface area contributed by atoms with Crippen molar-refractivity contribution in [3.8, 4) is 11.5 Å². The van der Waals surface area contributed by atoms with Crippen molar-refractivity contribution < 1.29 is 19.1 Å². The van der Waals surface area contributed by atoms with E-state index >= 15 is 0 Å². The Morgan fingerprint density at radius 1 is 1.07 bits per heavy atom. The fourth-order valence-corrected chi connectivity index (χ4v) is 3.69. The number of carbonyl (C=O) groups is 2. The summed E-state index contributed by atoms with van der Waals surface area (Å²) in [5.41, 5.74) is 5.94. The minimum absolute atomic E-state index is 0.0541. The summed E-state index contributed by atoms with van der Waals surface area (Å²) in [4.78, 5) is 26.4. The molecule has 1 aliphatic rings. The number of ketones is 1. The fraction of sp³-hybridized carbons (Fsp3) is 0.360. The molecule has 0 atom stereocenters. The summed E-state index contributed by atoms with van der Waals surface area (Å²) in [5.74, 6) is 1.05. The standard InChI is InChI=1S/C25H29NO4/c1-6-29-23-14-18(7-10-22(23)30-15-24(27)26(4)5)13-19-8-9-20-17(3)11-16(2)12-21(20)25(19)28/h7,10-14H,6,8-9,15H2,1-5H3/b19-13-. The SMILES string of the molecule is CCOc1cc(/C=C2/CCc3c(C)cc(C)cc3C2=O)ccc1OCC(=O)N(C)C. The predicted octanol–water partition coefficient (Wildman–Crippen LogP) is 4.38. The molecule has 0 bridgehead atoms. The number of ether oxygens (including phenoxy) is 2. The summed E-state index contributed by atoms with van der Waals surface area (Å²) in [7, 11) is 3.37. The Hall–Kier alpha value is -3.08. The van der Waals surface area contributed by atoms with Crippen LogP contribution in [0.1, 0.15) is 46.0 Å². The number of carbonyl (C=O) groups excluding carboxylic acids is 2. The maximum atomic E-state index is 13.1. The number of rotatable bonds is 6. The molecular weight excluding hydrogens is 378 g/mol. The van der Waals surface area contributed by atoms with Gasteiger partial charge in [0.05, 0.1) is 6.61 Å². The van der Waals surface area contributed by atoms with Crippen molar-refractivity contribution in [3.63, 3.8) is 0 Å². The molecular formula is C25H29NO4. The Morgan fingerprint density at radius 2 is 1.83 bits per heavy atom. The summed E-state index contributed by atoms with van der Waals surface area (Å²) < 4.78 is 11.4. The van der Waals surface area contributed by atoms with E-state index in [-0.39, 0.29) is 18.3 Å². The zero-order valence-electron chi connectivity index (χ0n) is 18.4. The van der Waals surface area contributed by atoms with Crippen LogP contribution >= 0.6 is 0 Å². The van der Waals surface area contributed by atoms with Crippen molar-refractivity contribution in [2.45, 2.75) is 33.6 Å². The highest BCUT2D eigenvalue weighted by Crippen LogP contribution is 2.33. The molecule has 158 valence electrons. The topological polar surface area (TPSA) is 55.8 Å². The molecule has 0 unspecified atom stereocenters. The van der Waals surface area contributed by atoms with Crippen molar-refractivity contribution in [2.24, 2.45) is 0 Å². The number of hydrogen-bond acceptors (Lipinski definition) is 4. The number of hydrogen-bond donors (Lipinski definition) is 0. The van der Waals surface area contributed by atoms with Crippen LogP contribution in [0.5, 0.6) is 11.5 Å². The third-order valence-electron chi connectivity index (χ3n) is 5.26. The minimum Gasteiger partial charge on any atom is -0.490 e. The fourth-order valence-electron chi connectivity index (χ4n) is 3.69. The van der Waals surface area contributed by atoms with Crippen LogP contribution in [0.3, 0.4) is 0 Å². The van der Waals surface area contributed by atoms with E-state index in [1.807, 2.05) is 38.1 Å². The Bertz CT molecular complexity index is 1000. The molecule has 5 heteroatoms. The Balaban J connectivity index is 1.87. The van der Waals surface area contributed by atoms with Crippen LogP contribution in [0.4, 0.5) is 0 Å². The summed E-state index contributed by atoms with van der Waals surface area (Å²) in [6.07, 6.45) is 3.51. The van der Waals surface area contributed by atoms with E-state index in [1.54, 1.807) is 20.2 Å². The minimum atomic E-state index is -0.124. The normalized spacial score (nSPS) is 14.4. The van der Waals surface area contributed by atoms with Gasteiger partial charge in [-0.15, -0.1) is 0 Å². The highest BCUT2D eigenvalue weighted by Gasteiger charge is 2.23. The predicted molar refractivity (Wildman–Crippen MR) is 118 cm³/mol. The van der Waals surface area contributed by atoms with Gasteiger partial charge in [0.1, 0.15) is 0 Å². The highest BCUT2D eigenvalue weighted by molar-refractivity contribution is 6.13. The van der Waals surface area contributed by atoms with Gasteiger partial charge < -0.3 is 14.4 Å². The first-order valence-corrected chi connectivity index (χ1v) is 10.2. The van der Waals surface area contributed by atoms with Crippen LogP contribution in [0.25, 0.3) is 6.08 Å². The summed E-state index contributed by atoms with van der Waals surface area (Å²) in [5, 5.41) is 0. The molecule has 3 rings (SSSR count). The molecule has 0 heterocycles. The summed E-state index contributed by atoms with van der Waals surface area (Å²) in [6.45, 7) is 6.41. The Kier molecular flexibility index (Phi) is 6.60. The lowest BCUT2D eigenvalue weighted by molar-refractivity contribution is -0.130. The second kappa shape index (κ2) is 9.16. The van der Waals surface area contributed by atoms with Crippen molar-refractivity contribution in [3.05, 3.63) is 63.7 Å². The summed E-state index contributed by atoms with van der Waals surface area (Å²) >= 11 is 0. The van der Waals surface area contributed by atoms with Gasteiger partial charge in [0.15, 0.2) is 23.9 Å². The maximum absolute atomic E-state index is 13.1. The van der Waals surface area contributed by atoms with Gasteiger partial charge in [-0.1, -0.05) is 17.7 Å². The van der Waals surface area contributed by atoms with Crippen LogP contribution in [-0.4, -0.2) is 43.9 Å². The van der Waals surface area contributed by atoms with Crippen molar-refractivity contribution in [1.29, 1.82) is 0 Å². The lowest BCUT2D eigenvalue weighted by atomic mass is 9.83. The van der Waals surface area contributed by atoms with Crippen molar-refractivity contribution >= 4 is 17.8 Å². The second-order valence-electron chi connectivity index (χ2n) is 7.82. The Morgan fingerprint density at radius 3 is 2.53 bits per heavy atom. The quantitative estimate of drug-likeness (QED) is 0.667. The van der Waals surface area contributed by atoms with Crippen LogP contribution < -0.4 is 9.47 Å². The molecule has 0 aliphatic heterocycles. The van der Waals surface area contributed by atoms with Crippen molar-refractivity contribution in [1.82, 2.24) is 4.90 Å². The van der Waals surface area contributed by atoms with Crippen LogP contribution in [-0.2, 0) is 11.2 Å². The number of benzene rings is 2.